The van der Waals surface area contributed by atoms with E-state index >= 15 is 0 Å². The average molecular weight is 422 g/mol. The van der Waals surface area contributed by atoms with Gasteiger partial charge >= 0.3 is 6.03 Å². The standard InChI is InChI=1S/C23H26N4O4/c1-24-21(28)20-15-27(18-11-5-6-12-19(18)31-20)22(29)16-8-7-13-26(14-16)23(30)25-17-9-3-2-4-10-17/h2-6,9-12,16,20H,7-8,13-15H2,1H3,(H,24,28)(H,25,30)/t16-,20-/m1/s1. The molecule has 0 radical (unpaired) electrons. The molecule has 2 aromatic rings. The Kier molecular flexibility index (Phi) is 6.06. The Labute approximate surface area is 181 Å². The number of hydrogen-bond donors (Lipinski definition) is 2. The van der Waals surface area contributed by atoms with Crippen molar-refractivity contribution in [2.75, 3.05) is 36.9 Å². The summed E-state index contributed by atoms with van der Waals surface area (Å²) in [4.78, 5) is 41.7. The predicted octanol–water partition coefficient (Wildman–Crippen LogP) is 2.47. The summed E-state index contributed by atoms with van der Waals surface area (Å²) in [5, 5.41) is 5.47. The van der Waals surface area contributed by atoms with Crippen molar-refractivity contribution in [1.29, 1.82) is 0 Å². The van der Waals surface area contributed by atoms with E-state index in [2.05, 4.69) is 10.6 Å². The number of fused-ring (bicyclic) bond motifs is 1. The minimum absolute atomic E-state index is 0.0955. The van der Waals surface area contributed by atoms with Gasteiger partial charge in [-0.2, -0.15) is 0 Å². The number of amides is 4. The Morgan fingerprint density at radius 1 is 1.00 bits per heavy atom. The lowest BCUT2D eigenvalue weighted by molar-refractivity contribution is -0.128. The van der Waals surface area contributed by atoms with E-state index in [9.17, 15) is 14.4 Å². The fourth-order valence-corrected chi connectivity index (χ4v) is 4.05. The highest BCUT2D eigenvalue weighted by Crippen LogP contribution is 2.35. The first kappa shape index (κ1) is 20.7. The molecule has 2 N–H and O–H groups in total. The molecule has 0 saturated carbocycles. The van der Waals surface area contributed by atoms with Gasteiger partial charge in [0.05, 0.1) is 18.2 Å². The molecule has 4 amide bonds. The van der Waals surface area contributed by atoms with Crippen LogP contribution in [0.25, 0.3) is 0 Å². The number of ether oxygens (including phenoxy) is 1. The number of rotatable bonds is 3. The summed E-state index contributed by atoms with van der Waals surface area (Å²) in [6.07, 6.45) is 0.659. The number of carbonyl (C=O) groups excluding carboxylic acids is 3. The summed E-state index contributed by atoms with van der Waals surface area (Å²) >= 11 is 0. The van der Waals surface area contributed by atoms with Crippen molar-refractivity contribution in [3.05, 3.63) is 54.6 Å². The second kappa shape index (κ2) is 9.07. The predicted molar refractivity (Wildman–Crippen MR) is 117 cm³/mol. The normalized spacial score (nSPS) is 20.3. The Hall–Kier alpha value is -3.55. The first-order valence-electron chi connectivity index (χ1n) is 10.5. The highest BCUT2D eigenvalue weighted by atomic mass is 16.5. The highest BCUT2D eigenvalue weighted by molar-refractivity contribution is 5.99. The molecule has 2 aliphatic rings. The molecule has 31 heavy (non-hydrogen) atoms. The zero-order chi connectivity index (χ0) is 21.8. The minimum atomic E-state index is -0.773. The SMILES string of the molecule is CNC(=O)[C@H]1CN(C(=O)[C@@H]2CCCN(C(=O)Nc3ccccc3)C2)c2ccccc2O1. The molecule has 2 heterocycles. The van der Waals surface area contributed by atoms with Crippen LogP contribution in [-0.4, -0.2) is 55.5 Å². The number of hydrogen-bond acceptors (Lipinski definition) is 4. The Morgan fingerprint density at radius 3 is 2.52 bits per heavy atom. The topological polar surface area (TPSA) is 91.0 Å². The van der Waals surface area contributed by atoms with Gasteiger partial charge in [0.25, 0.3) is 5.91 Å². The number of benzene rings is 2. The van der Waals surface area contributed by atoms with Crippen molar-refractivity contribution < 1.29 is 19.1 Å². The zero-order valence-corrected chi connectivity index (χ0v) is 17.4. The molecule has 2 aliphatic heterocycles. The van der Waals surface area contributed by atoms with Crippen LogP contribution in [0.1, 0.15) is 12.8 Å². The fourth-order valence-electron chi connectivity index (χ4n) is 4.05. The van der Waals surface area contributed by atoms with E-state index < -0.39 is 6.10 Å². The molecule has 0 bridgehead atoms. The van der Waals surface area contributed by atoms with Crippen LogP contribution < -0.4 is 20.3 Å². The third-order valence-corrected chi connectivity index (χ3v) is 5.66. The zero-order valence-electron chi connectivity index (χ0n) is 17.4. The number of likely N-dealkylation sites (N-methyl/N-ethyl adjacent to an activating group) is 1. The number of piperidine rings is 1. The van der Waals surface area contributed by atoms with Gasteiger partial charge in [-0.05, 0) is 37.1 Å². The second-order valence-corrected chi connectivity index (χ2v) is 7.72. The third-order valence-electron chi connectivity index (χ3n) is 5.66. The molecule has 0 aromatic heterocycles. The van der Waals surface area contributed by atoms with E-state index in [0.717, 1.165) is 12.1 Å². The maximum Gasteiger partial charge on any atom is 0.321 e. The van der Waals surface area contributed by atoms with E-state index in [0.29, 0.717) is 30.9 Å². The number of anilines is 2. The number of carbonyl (C=O) groups is 3. The summed E-state index contributed by atoms with van der Waals surface area (Å²) in [6, 6.07) is 16.3. The van der Waals surface area contributed by atoms with Crippen molar-refractivity contribution in [1.82, 2.24) is 10.2 Å². The lowest BCUT2D eigenvalue weighted by atomic mass is 9.95. The summed E-state index contributed by atoms with van der Waals surface area (Å²) in [5.74, 6) is -0.210. The Balaban J connectivity index is 1.49. The summed E-state index contributed by atoms with van der Waals surface area (Å²) in [5.41, 5.74) is 1.37. The Bertz CT molecular complexity index is 965. The summed E-state index contributed by atoms with van der Waals surface area (Å²) in [6.45, 7) is 1.08. The molecule has 2 atom stereocenters. The molecule has 1 fully saturated rings. The molecular formula is C23H26N4O4. The molecule has 2 aromatic carbocycles. The van der Waals surface area contributed by atoms with E-state index in [4.69, 9.17) is 4.74 Å². The molecule has 4 rings (SSSR count). The van der Waals surface area contributed by atoms with Gasteiger partial charge in [0.1, 0.15) is 5.75 Å². The molecule has 0 aliphatic carbocycles. The van der Waals surface area contributed by atoms with Crippen LogP contribution in [0.2, 0.25) is 0 Å². The van der Waals surface area contributed by atoms with E-state index in [1.54, 1.807) is 22.9 Å². The number of para-hydroxylation sites is 3. The molecule has 8 nitrogen and oxygen atoms in total. The quantitative estimate of drug-likeness (QED) is 0.795. The van der Waals surface area contributed by atoms with Crippen LogP contribution >= 0.6 is 0 Å². The smallest absolute Gasteiger partial charge is 0.321 e. The number of likely N-dealkylation sites (tertiary alicyclic amines) is 1. The van der Waals surface area contributed by atoms with Gasteiger partial charge in [-0.1, -0.05) is 30.3 Å². The molecule has 0 unspecified atom stereocenters. The second-order valence-electron chi connectivity index (χ2n) is 7.72. The third kappa shape index (κ3) is 4.47. The van der Waals surface area contributed by atoms with E-state index in [1.807, 2.05) is 48.5 Å². The fraction of sp³-hybridized carbons (Fsp3) is 0.348. The first-order valence-corrected chi connectivity index (χ1v) is 10.5. The maximum atomic E-state index is 13.5. The van der Waals surface area contributed by atoms with Crippen molar-refractivity contribution in [2.24, 2.45) is 5.92 Å². The summed E-state index contributed by atoms with van der Waals surface area (Å²) < 4.78 is 5.80. The molecule has 162 valence electrons. The van der Waals surface area contributed by atoms with Gasteiger partial charge in [0.15, 0.2) is 6.10 Å². The molecule has 0 spiro atoms. The average Bonchev–Trinajstić information content (AvgIpc) is 2.83. The highest BCUT2D eigenvalue weighted by Gasteiger charge is 2.38. The van der Waals surface area contributed by atoms with Crippen LogP contribution in [0.15, 0.2) is 54.6 Å². The molecular weight excluding hydrogens is 396 g/mol. The molecule has 1 saturated heterocycles. The van der Waals surface area contributed by atoms with Crippen molar-refractivity contribution in [2.45, 2.75) is 18.9 Å². The number of nitrogens with one attached hydrogen (secondary N) is 2. The van der Waals surface area contributed by atoms with Gasteiger partial charge in [0, 0.05) is 25.8 Å². The van der Waals surface area contributed by atoms with Gasteiger partial charge < -0.3 is 25.2 Å². The first-order chi connectivity index (χ1) is 15.1. The van der Waals surface area contributed by atoms with E-state index in [1.165, 1.54) is 0 Å². The van der Waals surface area contributed by atoms with Gasteiger partial charge in [0.2, 0.25) is 5.91 Å². The van der Waals surface area contributed by atoms with Gasteiger partial charge in [-0.3, -0.25) is 9.59 Å². The minimum Gasteiger partial charge on any atom is -0.477 e. The van der Waals surface area contributed by atoms with Crippen molar-refractivity contribution >= 4 is 29.2 Å². The lowest BCUT2D eigenvalue weighted by Crippen LogP contribution is -2.54. The monoisotopic (exact) mass is 422 g/mol. The van der Waals surface area contributed by atoms with Crippen LogP contribution in [0.5, 0.6) is 5.75 Å². The van der Waals surface area contributed by atoms with Crippen molar-refractivity contribution in [3.63, 3.8) is 0 Å². The van der Waals surface area contributed by atoms with Crippen LogP contribution in [0.4, 0.5) is 16.2 Å². The Morgan fingerprint density at radius 2 is 1.74 bits per heavy atom. The summed E-state index contributed by atoms with van der Waals surface area (Å²) in [7, 11) is 1.54. The maximum absolute atomic E-state index is 13.5. The van der Waals surface area contributed by atoms with Gasteiger partial charge in [-0.15, -0.1) is 0 Å². The number of nitrogens with zero attached hydrogens (tertiary/aromatic N) is 2. The number of urea groups is 1. The van der Waals surface area contributed by atoms with Gasteiger partial charge in [-0.25, -0.2) is 4.79 Å². The molecule has 8 heteroatoms. The lowest BCUT2D eigenvalue weighted by Gasteiger charge is -2.38. The largest absolute Gasteiger partial charge is 0.477 e. The van der Waals surface area contributed by atoms with Crippen molar-refractivity contribution in [3.8, 4) is 5.75 Å². The van der Waals surface area contributed by atoms with Crippen LogP contribution in [0, 0.1) is 5.92 Å². The van der Waals surface area contributed by atoms with E-state index in [-0.39, 0.29) is 30.3 Å². The van der Waals surface area contributed by atoms with Crippen LogP contribution in [0.3, 0.4) is 0 Å². The van der Waals surface area contributed by atoms with Crippen LogP contribution in [-0.2, 0) is 9.59 Å².